The van der Waals surface area contributed by atoms with Crippen LogP contribution in [0.25, 0.3) is 0 Å². The third-order valence-electron chi connectivity index (χ3n) is 7.86. The molecular formula is C32H44N2O7. The predicted octanol–water partition coefficient (Wildman–Crippen LogP) is 5.48. The van der Waals surface area contributed by atoms with Crippen LogP contribution in [-0.2, 0) is 9.59 Å². The van der Waals surface area contributed by atoms with Gasteiger partial charge in [0.25, 0.3) is 0 Å². The van der Waals surface area contributed by atoms with Crippen molar-refractivity contribution in [2.45, 2.75) is 71.4 Å². The number of benzene rings is 2. The van der Waals surface area contributed by atoms with Crippen LogP contribution in [0.4, 0.5) is 0 Å². The number of carbonyl (C=O) groups is 2. The van der Waals surface area contributed by atoms with E-state index in [0.717, 1.165) is 36.8 Å². The predicted molar refractivity (Wildman–Crippen MR) is 156 cm³/mol. The first-order chi connectivity index (χ1) is 19.8. The molecule has 1 fully saturated rings. The second-order valence-electron chi connectivity index (χ2n) is 11.1. The highest BCUT2D eigenvalue weighted by Crippen LogP contribution is 2.50. The molecule has 0 aliphatic carbocycles. The van der Waals surface area contributed by atoms with Gasteiger partial charge in [-0.1, -0.05) is 38.8 Å². The molecule has 2 aliphatic heterocycles. The quantitative estimate of drug-likeness (QED) is 0.320. The van der Waals surface area contributed by atoms with E-state index in [-0.39, 0.29) is 31.3 Å². The van der Waals surface area contributed by atoms with Crippen molar-refractivity contribution >= 4 is 11.9 Å². The van der Waals surface area contributed by atoms with E-state index in [1.165, 1.54) is 0 Å². The number of unbranched alkanes of at least 4 members (excludes halogenated alkanes) is 2. The summed E-state index contributed by atoms with van der Waals surface area (Å²) >= 11 is 0. The molecule has 1 N–H and O–H groups in total. The standard InChI is InChI=1S/C32H44N2O7/c1-6-8-14-33(15-9-7-2)29(35)19-34-18-25(22-10-13-26-28(16-22)40-20-39-26)30(32(36)37)31(34)24-12-11-23(38-5)17-27(24)41-21(3)4/h10-13,16-17,21,25,30-31H,6-9,14-15,18-20H2,1-5H3,(H,36,37). The molecule has 0 radical (unpaired) electrons. The van der Waals surface area contributed by atoms with Gasteiger partial charge in [-0.25, -0.2) is 0 Å². The topological polar surface area (TPSA) is 97.8 Å². The molecule has 2 aromatic rings. The molecule has 0 spiro atoms. The number of nitrogens with zero attached hydrogens (tertiary/aromatic N) is 2. The first-order valence-corrected chi connectivity index (χ1v) is 14.8. The van der Waals surface area contributed by atoms with E-state index in [1.807, 2.05) is 54.0 Å². The molecule has 2 aromatic carbocycles. The number of methoxy groups -OCH3 is 1. The summed E-state index contributed by atoms with van der Waals surface area (Å²) in [7, 11) is 1.59. The Morgan fingerprint density at radius 1 is 1.05 bits per heavy atom. The van der Waals surface area contributed by atoms with Crippen LogP contribution in [0.2, 0.25) is 0 Å². The largest absolute Gasteiger partial charge is 0.497 e. The van der Waals surface area contributed by atoms with Gasteiger partial charge in [-0.3, -0.25) is 14.5 Å². The van der Waals surface area contributed by atoms with Crippen LogP contribution >= 0.6 is 0 Å². The zero-order valence-corrected chi connectivity index (χ0v) is 24.9. The molecule has 4 rings (SSSR count). The van der Waals surface area contributed by atoms with Gasteiger partial charge in [-0.05, 0) is 50.5 Å². The average molecular weight is 569 g/mol. The zero-order chi connectivity index (χ0) is 29.5. The molecule has 9 nitrogen and oxygen atoms in total. The number of rotatable bonds is 14. The molecule has 1 amide bonds. The van der Waals surface area contributed by atoms with Gasteiger partial charge >= 0.3 is 5.97 Å². The number of carboxylic acid groups (broad SMARTS) is 1. The third kappa shape index (κ3) is 7.07. The molecule has 1 saturated heterocycles. The van der Waals surface area contributed by atoms with Gasteiger partial charge in [-0.2, -0.15) is 0 Å². The van der Waals surface area contributed by atoms with Crippen molar-refractivity contribution in [2.24, 2.45) is 5.92 Å². The Balaban J connectivity index is 1.76. The van der Waals surface area contributed by atoms with Crippen molar-refractivity contribution in [3.05, 3.63) is 47.5 Å². The van der Waals surface area contributed by atoms with E-state index in [0.29, 0.717) is 42.6 Å². The van der Waals surface area contributed by atoms with Crippen LogP contribution in [0.5, 0.6) is 23.0 Å². The van der Waals surface area contributed by atoms with Crippen molar-refractivity contribution in [2.75, 3.05) is 40.1 Å². The summed E-state index contributed by atoms with van der Waals surface area (Å²) in [4.78, 5) is 30.8. The Morgan fingerprint density at radius 2 is 1.76 bits per heavy atom. The van der Waals surface area contributed by atoms with Crippen LogP contribution in [0.1, 0.15) is 76.5 Å². The number of hydrogen-bond donors (Lipinski definition) is 1. The van der Waals surface area contributed by atoms with Gasteiger partial charge in [0.1, 0.15) is 11.5 Å². The fraction of sp³-hybridized carbons (Fsp3) is 0.562. The van der Waals surface area contributed by atoms with Gasteiger partial charge in [0.2, 0.25) is 12.7 Å². The molecule has 41 heavy (non-hydrogen) atoms. The van der Waals surface area contributed by atoms with E-state index >= 15 is 0 Å². The summed E-state index contributed by atoms with van der Waals surface area (Å²) < 4.78 is 22.8. The van der Waals surface area contributed by atoms with Gasteiger partial charge in [0.15, 0.2) is 11.5 Å². The number of ether oxygens (including phenoxy) is 4. The van der Waals surface area contributed by atoms with Crippen molar-refractivity contribution < 1.29 is 33.6 Å². The molecule has 0 aromatic heterocycles. The summed E-state index contributed by atoms with van der Waals surface area (Å²) in [5.41, 5.74) is 1.58. The number of amides is 1. The van der Waals surface area contributed by atoms with Crippen molar-refractivity contribution in [1.82, 2.24) is 9.80 Å². The Labute approximate surface area is 243 Å². The molecule has 3 atom stereocenters. The molecule has 3 unspecified atom stereocenters. The number of hydrogen-bond acceptors (Lipinski definition) is 7. The molecule has 0 bridgehead atoms. The number of likely N-dealkylation sites (tertiary alicyclic amines) is 1. The Hall–Kier alpha value is -3.46. The summed E-state index contributed by atoms with van der Waals surface area (Å²) in [5, 5.41) is 10.7. The molecule has 9 heteroatoms. The first-order valence-electron chi connectivity index (χ1n) is 14.8. The molecule has 2 aliphatic rings. The van der Waals surface area contributed by atoms with Crippen molar-refractivity contribution in [3.8, 4) is 23.0 Å². The maximum absolute atomic E-state index is 13.8. The van der Waals surface area contributed by atoms with Gasteiger partial charge < -0.3 is 29.0 Å². The van der Waals surface area contributed by atoms with Crippen LogP contribution in [-0.4, -0.2) is 73.0 Å². The summed E-state index contributed by atoms with van der Waals surface area (Å²) in [6.45, 7) is 10.2. The molecular weight excluding hydrogens is 524 g/mol. The Kier molecular flexibility index (Phi) is 10.4. The van der Waals surface area contributed by atoms with E-state index < -0.39 is 17.9 Å². The highest BCUT2D eigenvalue weighted by Gasteiger charge is 2.49. The highest BCUT2D eigenvalue weighted by molar-refractivity contribution is 5.79. The second kappa shape index (κ2) is 13.9. The summed E-state index contributed by atoms with van der Waals surface area (Å²) in [6, 6.07) is 10.5. The van der Waals surface area contributed by atoms with Gasteiger partial charge in [0, 0.05) is 37.2 Å². The number of carboxylic acids is 1. The van der Waals surface area contributed by atoms with Crippen LogP contribution < -0.4 is 18.9 Å². The lowest BCUT2D eigenvalue weighted by atomic mass is 9.82. The maximum Gasteiger partial charge on any atom is 0.309 e. The van der Waals surface area contributed by atoms with Crippen molar-refractivity contribution in [3.63, 3.8) is 0 Å². The fourth-order valence-electron chi connectivity index (χ4n) is 5.82. The van der Waals surface area contributed by atoms with Crippen LogP contribution in [0, 0.1) is 5.92 Å². The maximum atomic E-state index is 13.8. The lowest BCUT2D eigenvalue weighted by Gasteiger charge is -2.31. The lowest BCUT2D eigenvalue weighted by molar-refractivity contribution is -0.144. The zero-order valence-electron chi connectivity index (χ0n) is 24.9. The van der Waals surface area contributed by atoms with Gasteiger partial charge in [-0.15, -0.1) is 0 Å². The van der Waals surface area contributed by atoms with Crippen molar-refractivity contribution in [1.29, 1.82) is 0 Å². The van der Waals surface area contributed by atoms with E-state index in [4.69, 9.17) is 18.9 Å². The SMILES string of the molecule is CCCCN(CCCC)C(=O)CN1CC(c2ccc3c(c2)OCO3)C(C(=O)O)C1c1ccc(OC)cc1OC(C)C. The average Bonchev–Trinajstić information content (AvgIpc) is 3.57. The minimum absolute atomic E-state index is 0.0206. The highest BCUT2D eigenvalue weighted by atomic mass is 16.7. The minimum atomic E-state index is -0.923. The Bertz CT molecular complexity index is 1190. The van der Waals surface area contributed by atoms with Crippen LogP contribution in [0.15, 0.2) is 36.4 Å². The second-order valence-corrected chi connectivity index (χ2v) is 11.1. The van der Waals surface area contributed by atoms with E-state index in [2.05, 4.69) is 13.8 Å². The summed E-state index contributed by atoms with van der Waals surface area (Å²) in [6.07, 6.45) is 3.72. The minimum Gasteiger partial charge on any atom is -0.497 e. The number of fused-ring (bicyclic) bond motifs is 1. The van der Waals surface area contributed by atoms with Crippen LogP contribution in [0.3, 0.4) is 0 Å². The van der Waals surface area contributed by atoms with E-state index in [9.17, 15) is 14.7 Å². The lowest BCUT2D eigenvalue weighted by Crippen LogP contribution is -2.42. The molecule has 224 valence electrons. The first kappa shape index (κ1) is 30.5. The number of aliphatic carboxylic acids is 1. The monoisotopic (exact) mass is 568 g/mol. The smallest absolute Gasteiger partial charge is 0.309 e. The molecule has 0 saturated carbocycles. The number of carbonyl (C=O) groups excluding carboxylic acids is 1. The van der Waals surface area contributed by atoms with Gasteiger partial charge in [0.05, 0.1) is 31.7 Å². The fourth-order valence-corrected chi connectivity index (χ4v) is 5.82. The normalized spacial score (nSPS) is 19.9. The van der Waals surface area contributed by atoms with E-state index in [1.54, 1.807) is 13.2 Å². The molecule has 2 heterocycles. The third-order valence-corrected chi connectivity index (χ3v) is 7.86. The Morgan fingerprint density at radius 3 is 2.39 bits per heavy atom. The summed E-state index contributed by atoms with van der Waals surface area (Å²) in [5.74, 6) is 0.325.